The molecule has 2 aromatic carbocycles. The third-order valence-corrected chi connectivity index (χ3v) is 4.68. The Balaban J connectivity index is 2.12. The number of unbranched alkanes of at least 4 members (excludes halogenated alkanes) is 1. The molecule has 1 amide bonds. The van der Waals surface area contributed by atoms with Crippen molar-refractivity contribution in [1.82, 2.24) is 0 Å². The zero-order chi connectivity index (χ0) is 21.9. The van der Waals surface area contributed by atoms with Crippen molar-refractivity contribution in [2.45, 2.75) is 30.4 Å². The summed E-state index contributed by atoms with van der Waals surface area (Å²) in [4.78, 5) is 12.8. The summed E-state index contributed by atoms with van der Waals surface area (Å²) >= 11 is 0.417. The number of nitrogens with zero attached hydrogens (tertiary/aromatic N) is 1. The summed E-state index contributed by atoms with van der Waals surface area (Å²) < 4.78 is 35.8. The summed E-state index contributed by atoms with van der Waals surface area (Å²) in [6.07, 6.45) is 3.37. The van der Waals surface area contributed by atoms with Crippen LogP contribution in [-0.2, 0) is 4.79 Å². The monoisotopic (exact) mass is 432 g/mol. The van der Waals surface area contributed by atoms with Gasteiger partial charge in [0.1, 0.15) is 11.6 Å². The summed E-state index contributed by atoms with van der Waals surface area (Å²) in [5.41, 5.74) is 0.893. The molecule has 0 saturated carbocycles. The zero-order valence-electron chi connectivity index (χ0n) is 16.7. The van der Waals surface area contributed by atoms with Crippen molar-refractivity contribution in [2.24, 2.45) is 0 Å². The Bertz CT molecular complexity index is 925. The first kappa shape index (κ1) is 23.2. The van der Waals surface area contributed by atoms with Crippen LogP contribution in [0, 0.1) is 11.3 Å². The summed E-state index contributed by atoms with van der Waals surface area (Å²) in [7, 11) is 1.52. The van der Waals surface area contributed by atoms with Crippen LogP contribution in [-0.4, -0.2) is 25.4 Å². The molecule has 0 atom stereocenters. The van der Waals surface area contributed by atoms with E-state index in [4.69, 9.17) is 9.47 Å². The molecule has 2 rings (SSSR count). The van der Waals surface area contributed by atoms with E-state index in [2.05, 4.69) is 12.2 Å². The van der Waals surface area contributed by atoms with E-state index in [1.807, 2.05) is 6.07 Å². The first-order valence-electron chi connectivity index (χ1n) is 9.25. The van der Waals surface area contributed by atoms with Crippen molar-refractivity contribution in [3.8, 4) is 17.6 Å². The molecule has 0 unspecified atom stereocenters. The molecule has 8 heteroatoms. The van der Waals surface area contributed by atoms with Crippen LogP contribution in [0.3, 0.4) is 0 Å². The lowest BCUT2D eigenvalue weighted by Gasteiger charge is -2.11. The standard InChI is InChI=1S/C22H22F2N2O3S/c1-3-4-11-29-19-10-5-15(13-20(19)28-2)12-16(14-25)21(27)26-17-6-8-18(9-7-17)30-22(23)24/h5-10,12-13,22H,3-4,11H2,1-2H3,(H,26,27)/b16-12+. The van der Waals surface area contributed by atoms with Crippen LogP contribution < -0.4 is 14.8 Å². The van der Waals surface area contributed by atoms with Gasteiger partial charge in [0, 0.05) is 10.6 Å². The number of benzene rings is 2. The first-order valence-corrected chi connectivity index (χ1v) is 10.1. The van der Waals surface area contributed by atoms with Crippen molar-refractivity contribution in [1.29, 1.82) is 5.26 Å². The fraction of sp³-hybridized carbons (Fsp3) is 0.273. The number of hydrogen-bond donors (Lipinski definition) is 1. The predicted molar refractivity (Wildman–Crippen MR) is 114 cm³/mol. The Kier molecular flexibility index (Phi) is 9.16. The van der Waals surface area contributed by atoms with Crippen molar-refractivity contribution < 1.29 is 23.0 Å². The van der Waals surface area contributed by atoms with Crippen LogP contribution in [0.25, 0.3) is 6.08 Å². The molecule has 0 aliphatic carbocycles. The zero-order valence-corrected chi connectivity index (χ0v) is 17.5. The van der Waals surface area contributed by atoms with Gasteiger partial charge < -0.3 is 14.8 Å². The normalized spacial score (nSPS) is 11.1. The maximum absolute atomic E-state index is 12.4. The molecule has 30 heavy (non-hydrogen) atoms. The van der Waals surface area contributed by atoms with Gasteiger partial charge >= 0.3 is 0 Å². The minimum atomic E-state index is -2.51. The van der Waals surface area contributed by atoms with Crippen LogP contribution in [0.5, 0.6) is 11.5 Å². The molecule has 158 valence electrons. The van der Waals surface area contributed by atoms with E-state index in [0.717, 1.165) is 12.8 Å². The fourth-order valence-electron chi connectivity index (χ4n) is 2.45. The third kappa shape index (κ3) is 7.08. The minimum Gasteiger partial charge on any atom is -0.493 e. The Labute approximate surface area is 178 Å². The number of amides is 1. The Morgan fingerprint density at radius 2 is 1.97 bits per heavy atom. The van der Waals surface area contributed by atoms with E-state index in [9.17, 15) is 18.8 Å². The predicted octanol–water partition coefficient (Wildman–Crippen LogP) is 5.73. The molecule has 0 aromatic heterocycles. The molecule has 0 heterocycles. The SMILES string of the molecule is CCCCOc1ccc(/C=C(\C#N)C(=O)Nc2ccc(SC(F)F)cc2)cc1OC. The van der Waals surface area contributed by atoms with Gasteiger partial charge in [0.2, 0.25) is 0 Å². The minimum absolute atomic E-state index is 0.109. The van der Waals surface area contributed by atoms with E-state index in [-0.39, 0.29) is 5.57 Å². The highest BCUT2D eigenvalue weighted by atomic mass is 32.2. The maximum Gasteiger partial charge on any atom is 0.288 e. The number of thioether (sulfide) groups is 1. The van der Waals surface area contributed by atoms with Gasteiger partial charge in [0.25, 0.3) is 11.7 Å². The number of hydrogen-bond acceptors (Lipinski definition) is 5. The maximum atomic E-state index is 12.4. The molecule has 1 N–H and O–H groups in total. The number of anilines is 1. The molecule has 0 fully saturated rings. The number of ether oxygens (including phenoxy) is 2. The van der Waals surface area contributed by atoms with Gasteiger partial charge in [-0.15, -0.1) is 0 Å². The van der Waals surface area contributed by atoms with Gasteiger partial charge in [0.15, 0.2) is 11.5 Å². The van der Waals surface area contributed by atoms with Crippen LogP contribution >= 0.6 is 11.8 Å². The Hall–Kier alpha value is -3.05. The highest BCUT2D eigenvalue weighted by molar-refractivity contribution is 7.99. The van der Waals surface area contributed by atoms with Gasteiger partial charge in [-0.3, -0.25) is 4.79 Å². The smallest absolute Gasteiger partial charge is 0.288 e. The van der Waals surface area contributed by atoms with Crippen molar-refractivity contribution in [2.75, 3.05) is 19.0 Å². The van der Waals surface area contributed by atoms with E-state index >= 15 is 0 Å². The van der Waals surface area contributed by atoms with Gasteiger partial charge in [-0.1, -0.05) is 31.2 Å². The molecule has 5 nitrogen and oxygen atoms in total. The molecule has 0 radical (unpaired) electrons. The number of methoxy groups -OCH3 is 1. The molecular weight excluding hydrogens is 410 g/mol. The lowest BCUT2D eigenvalue weighted by molar-refractivity contribution is -0.112. The molecule has 0 aliphatic rings. The number of alkyl halides is 2. The first-order chi connectivity index (χ1) is 14.5. The van der Waals surface area contributed by atoms with Gasteiger partial charge in [-0.2, -0.15) is 14.0 Å². The molecule has 0 aliphatic heterocycles. The van der Waals surface area contributed by atoms with Crippen LogP contribution in [0.1, 0.15) is 25.3 Å². The van der Waals surface area contributed by atoms with Gasteiger partial charge in [-0.05, 0) is 54.5 Å². The molecule has 0 spiro atoms. The highest BCUT2D eigenvalue weighted by Gasteiger charge is 2.12. The van der Waals surface area contributed by atoms with Gasteiger partial charge in [0.05, 0.1) is 13.7 Å². The summed E-state index contributed by atoms with van der Waals surface area (Å²) in [5, 5.41) is 12.0. The van der Waals surface area contributed by atoms with Crippen molar-refractivity contribution >= 4 is 29.4 Å². The summed E-state index contributed by atoms with van der Waals surface area (Å²) in [6, 6.07) is 13.0. The lowest BCUT2D eigenvalue weighted by atomic mass is 10.1. The number of halogens is 2. The van der Waals surface area contributed by atoms with E-state index in [1.165, 1.54) is 37.5 Å². The lowest BCUT2D eigenvalue weighted by Crippen LogP contribution is -2.13. The second kappa shape index (κ2) is 11.8. The largest absolute Gasteiger partial charge is 0.493 e. The van der Waals surface area contributed by atoms with E-state index < -0.39 is 11.7 Å². The molecule has 0 bridgehead atoms. The van der Waals surface area contributed by atoms with Crippen LogP contribution in [0.15, 0.2) is 52.9 Å². The molecular formula is C22H22F2N2O3S. The summed E-state index contributed by atoms with van der Waals surface area (Å²) in [5.74, 6) is -2.02. The fourth-order valence-corrected chi connectivity index (χ4v) is 2.95. The Morgan fingerprint density at radius 1 is 1.23 bits per heavy atom. The average Bonchev–Trinajstić information content (AvgIpc) is 2.73. The Morgan fingerprint density at radius 3 is 2.57 bits per heavy atom. The molecule has 2 aromatic rings. The molecule has 0 saturated heterocycles. The van der Waals surface area contributed by atoms with Gasteiger partial charge in [-0.25, -0.2) is 0 Å². The number of carbonyl (C=O) groups excluding carboxylic acids is 1. The van der Waals surface area contributed by atoms with E-state index in [1.54, 1.807) is 18.2 Å². The number of rotatable bonds is 10. The topological polar surface area (TPSA) is 71.3 Å². The van der Waals surface area contributed by atoms with Crippen molar-refractivity contribution in [3.63, 3.8) is 0 Å². The highest BCUT2D eigenvalue weighted by Crippen LogP contribution is 2.29. The number of carbonyl (C=O) groups is 1. The quantitative estimate of drug-likeness (QED) is 0.225. The number of nitriles is 1. The van der Waals surface area contributed by atoms with Crippen LogP contribution in [0.2, 0.25) is 0 Å². The van der Waals surface area contributed by atoms with Crippen molar-refractivity contribution in [3.05, 3.63) is 53.6 Å². The second-order valence-electron chi connectivity index (χ2n) is 6.14. The van der Waals surface area contributed by atoms with E-state index in [0.29, 0.717) is 46.0 Å². The van der Waals surface area contributed by atoms with Crippen LogP contribution in [0.4, 0.5) is 14.5 Å². The average molecular weight is 432 g/mol. The second-order valence-corrected chi connectivity index (χ2v) is 7.20. The third-order valence-electron chi connectivity index (χ3n) is 3.96. The number of nitrogens with one attached hydrogen (secondary N) is 1. The summed E-state index contributed by atoms with van der Waals surface area (Å²) in [6.45, 7) is 2.64.